The Labute approximate surface area is 133 Å². The fourth-order valence-corrected chi connectivity index (χ4v) is 2.03. The van der Waals surface area contributed by atoms with Gasteiger partial charge in [-0.15, -0.1) is 0 Å². The van der Waals surface area contributed by atoms with Crippen LogP contribution in [0.5, 0.6) is 11.5 Å². The van der Waals surface area contributed by atoms with Crippen molar-refractivity contribution in [3.05, 3.63) is 58.6 Å². The number of halogens is 1. The first-order chi connectivity index (χ1) is 10.7. The first-order valence-corrected chi connectivity index (χ1v) is 6.83. The minimum atomic E-state index is -0.373. The largest absolute Gasteiger partial charge is 0.493 e. The van der Waals surface area contributed by atoms with Crippen LogP contribution in [0, 0.1) is 0 Å². The molecule has 22 heavy (non-hydrogen) atoms. The van der Waals surface area contributed by atoms with Gasteiger partial charge in [-0.3, -0.25) is 4.79 Å². The van der Waals surface area contributed by atoms with Crippen LogP contribution in [0.25, 0.3) is 0 Å². The van der Waals surface area contributed by atoms with Crippen LogP contribution >= 0.6 is 11.6 Å². The van der Waals surface area contributed by atoms with Gasteiger partial charge in [0, 0.05) is 0 Å². The maximum Gasteiger partial charge on any atom is 0.272 e. The number of hydrogen-bond donors (Lipinski definition) is 1. The zero-order valence-electron chi connectivity index (χ0n) is 12.2. The van der Waals surface area contributed by atoms with Crippen molar-refractivity contribution in [3.8, 4) is 11.5 Å². The molecule has 0 unspecified atom stereocenters. The van der Waals surface area contributed by atoms with Gasteiger partial charge in [-0.1, -0.05) is 23.7 Å². The highest BCUT2D eigenvalue weighted by molar-refractivity contribution is 6.33. The Morgan fingerprint density at radius 3 is 2.55 bits per heavy atom. The molecule has 0 aliphatic heterocycles. The van der Waals surface area contributed by atoms with Gasteiger partial charge in [0.25, 0.3) is 5.91 Å². The molecule has 0 radical (unpaired) electrons. The first kappa shape index (κ1) is 15.9. The summed E-state index contributed by atoms with van der Waals surface area (Å²) < 4.78 is 10.3. The molecule has 5 nitrogen and oxygen atoms in total. The van der Waals surface area contributed by atoms with Gasteiger partial charge in [0.05, 0.1) is 31.0 Å². The highest BCUT2D eigenvalue weighted by atomic mass is 35.5. The zero-order valence-corrected chi connectivity index (χ0v) is 12.9. The number of carbonyl (C=O) groups excluding carboxylic acids is 1. The minimum absolute atomic E-state index is 0.369. The number of benzene rings is 2. The van der Waals surface area contributed by atoms with E-state index >= 15 is 0 Å². The van der Waals surface area contributed by atoms with Crippen LogP contribution in [-0.2, 0) is 0 Å². The van der Waals surface area contributed by atoms with Gasteiger partial charge in [0.2, 0.25) is 0 Å². The summed E-state index contributed by atoms with van der Waals surface area (Å²) >= 11 is 5.94. The van der Waals surface area contributed by atoms with Crippen LogP contribution in [0.1, 0.15) is 15.9 Å². The molecule has 0 aliphatic rings. The molecular weight excluding hydrogens is 304 g/mol. The predicted octanol–water partition coefficient (Wildman–Crippen LogP) is 3.12. The monoisotopic (exact) mass is 318 g/mol. The second-order valence-electron chi connectivity index (χ2n) is 4.29. The van der Waals surface area contributed by atoms with Gasteiger partial charge in [0.1, 0.15) is 0 Å². The number of nitrogens with zero attached hydrogens (tertiary/aromatic N) is 1. The van der Waals surface area contributed by atoms with Gasteiger partial charge in [-0.05, 0) is 35.9 Å². The molecule has 1 N–H and O–H groups in total. The summed E-state index contributed by atoms with van der Waals surface area (Å²) in [6, 6.07) is 12.1. The van der Waals surface area contributed by atoms with Crippen molar-refractivity contribution >= 4 is 23.7 Å². The van der Waals surface area contributed by atoms with Crippen molar-refractivity contribution in [1.29, 1.82) is 0 Å². The molecule has 0 saturated heterocycles. The highest BCUT2D eigenvalue weighted by Gasteiger charge is 2.08. The molecule has 0 atom stereocenters. The number of carbonyl (C=O) groups is 1. The third kappa shape index (κ3) is 3.77. The summed E-state index contributed by atoms with van der Waals surface area (Å²) in [6.07, 6.45) is 1.51. The molecule has 0 spiro atoms. The second kappa shape index (κ2) is 7.47. The molecule has 0 bridgehead atoms. The zero-order chi connectivity index (χ0) is 15.9. The van der Waals surface area contributed by atoms with Gasteiger partial charge in [-0.2, -0.15) is 5.10 Å². The van der Waals surface area contributed by atoms with E-state index in [9.17, 15) is 4.79 Å². The molecule has 2 aromatic carbocycles. The summed E-state index contributed by atoms with van der Waals surface area (Å²) in [5.41, 5.74) is 3.56. The average Bonchev–Trinajstić information content (AvgIpc) is 2.55. The molecule has 0 aromatic heterocycles. The number of amides is 1. The van der Waals surface area contributed by atoms with Crippen LogP contribution in [0.2, 0.25) is 5.02 Å². The van der Waals surface area contributed by atoms with Gasteiger partial charge in [0.15, 0.2) is 11.5 Å². The van der Waals surface area contributed by atoms with E-state index in [0.29, 0.717) is 22.1 Å². The Morgan fingerprint density at radius 1 is 1.14 bits per heavy atom. The highest BCUT2D eigenvalue weighted by Crippen LogP contribution is 2.26. The minimum Gasteiger partial charge on any atom is -0.493 e. The van der Waals surface area contributed by atoms with Gasteiger partial charge >= 0.3 is 0 Å². The standard InChI is InChI=1S/C16H15ClN2O3/c1-21-14-8-7-11(9-15(14)22-2)10-18-19-16(20)12-5-3-4-6-13(12)17/h3-10H,1-2H3,(H,19,20)/b18-10-. The summed E-state index contributed by atoms with van der Waals surface area (Å²) in [5, 5.41) is 4.29. The summed E-state index contributed by atoms with van der Waals surface area (Å²) in [6.45, 7) is 0. The van der Waals surface area contributed by atoms with Crippen molar-refractivity contribution in [1.82, 2.24) is 5.43 Å². The lowest BCUT2D eigenvalue weighted by atomic mass is 10.2. The van der Waals surface area contributed by atoms with Crippen molar-refractivity contribution in [2.45, 2.75) is 0 Å². The number of methoxy groups -OCH3 is 2. The third-order valence-corrected chi connectivity index (χ3v) is 3.24. The normalized spacial score (nSPS) is 10.5. The Hall–Kier alpha value is -2.53. The number of hydrogen-bond acceptors (Lipinski definition) is 4. The van der Waals surface area contributed by atoms with Crippen LogP contribution in [0.15, 0.2) is 47.6 Å². The quantitative estimate of drug-likeness (QED) is 0.680. The third-order valence-electron chi connectivity index (χ3n) is 2.91. The lowest BCUT2D eigenvalue weighted by Crippen LogP contribution is -2.17. The summed E-state index contributed by atoms with van der Waals surface area (Å²) in [7, 11) is 3.12. The number of nitrogens with one attached hydrogen (secondary N) is 1. The van der Waals surface area contributed by atoms with E-state index in [1.165, 1.54) is 6.21 Å². The van der Waals surface area contributed by atoms with Crippen molar-refractivity contribution in [2.75, 3.05) is 14.2 Å². The maximum atomic E-state index is 11.9. The molecule has 0 aliphatic carbocycles. The Balaban J connectivity index is 2.07. The lowest BCUT2D eigenvalue weighted by molar-refractivity contribution is 0.0955. The molecule has 0 saturated carbocycles. The fourth-order valence-electron chi connectivity index (χ4n) is 1.80. The fraction of sp³-hybridized carbons (Fsp3) is 0.125. The Morgan fingerprint density at radius 2 is 1.86 bits per heavy atom. The van der Waals surface area contributed by atoms with Gasteiger partial charge < -0.3 is 9.47 Å². The van der Waals surface area contributed by atoms with Crippen molar-refractivity contribution in [3.63, 3.8) is 0 Å². The van der Waals surface area contributed by atoms with E-state index in [1.54, 1.807) is 56.7 Å². The molecular formula is C16H15ClN2O3. The van der Waals surface area contributed by atoms with Crippen LogP contribution in [-0.4, -0.2) is 26.3 Å². The lowest BCUT2D eigenvalue weighted by Gasteiger charge is -2.07. The Kier molecular flexibility index (Phi) is 5.38. The molecule has 114 valence electrons. The summed E-state index contributed by atoms with van der Waals surface area (Å²) in [4.78, 5) is 11.9. The van der Waals surface area contributed by atoms with Crippen LogP contribution < -0.4 is 14.9 Å². The molecule has 1 amide bonds. The number of hydrazone groups is 1. The van der Waals surface area contributed by atoms with E-state index in [-0.39, 0.29) is 5.91 Å². The first-order valence-electron chi connectivity index (χ1n) is 6.45. The van der Waals surface area contributed by atoms with Gasteiger partial charge in [-0.25, -0.2) is 5.43 Å². The topological polar surface area (TPSA) is 59.9 Å². The molecule has 2 rings (SSSR count). The van der Waals surface area contributed by atoms with Crippen molar-refractivity contribution < 1.29 is 14.3 Å². The second-order valence-corrected chi connectivity index (χ2v) is 4.70. The van der Waals surface area contributed by atoms with E-state index in [2.05, 4.69) is 10.5 Å². The average molecular weight is 319 g/mol. The molecule has 2 aromatic rings. The number of ether oxygens (including phenoxy) is 2. The molecule has 0 heterocycles. The SMILES string of the molecule is COc1ccc(/C=N\NC(=O)c2ccccc2Cl)cc1OC. The maximum absolute atomic E-state index is 11.9. The molecule has 6 heteroatoms. The summed E-state index contributed by atoms with van der Waals surface area (Å²) in [5.74, 6) is 0.839. The van der Waals surface area contributed by atoms with E-state index < -0.39 is 0 Å². The predicted molar refractivity (Wildman–Crippen MR) is 86.1 cm³/mol. The van der Waals surface area contributed by atoms with E-state index in [4.69, 9.17) is 21.1 Å². The van der Waals surface area contributed by atoms with E-state index in [1.807, 2.05) is 0 Å². The van der Waals surface area contributed by atoms with E-state index in [0.717, 1.165) is 5.56 Å². The van der Waals surface area contributed by atoms with Crippen LogP contribution in [0.4, 0.5) is 0 Å². The van der Waals surface area contributed by atoms with Crippen LogP contribution in [0.3, 0.4) is 0 Å². The number of rotatable bonds is 5. The molecule has 0 fully saturated rings. The smallest absolute Gasteiger partial charge is 0.272 e. The van der Waals surface area contributed by atoms with Crippen molar-refractivity contribution in [2.24, 2.45) is 5.10 Å². The Bertz CT molecular complexity index is 702.